The number of thioether (sulfide) groups is 1. The summed E-state index contributed by atoms with van der Waals surface area (Å²) in [6, 6.07) is 12.4. The van der Waals surface area contributed by atoms with Gasteiger partial charge in [0.15, 0.2) is 5.65 Å². The molecule has 0 saturated carbocycles. The Balaban J connectivity index is 1.66. The summed E-state index contributed by atoms with van der Waals surface area (Å²) in [5, 5.41) is 15.8. The van der Waals surface area contributed by atoms with Crippen LogP contribution < -0.4 is 0 Å². The average molecular weight is 377 g/mol. The molecule has 0 atom stereocenters. The summed E-state index contributed by atoms with van der Waals surface area (Å²) in [6.45, 7) is 0. The van der Waals surface area contributed by atoms with Crippen LogP contribution in [0.4, 0.5) is 4.39 Å². The van der Waals surface area contributed by atoms with Crippen LogP contribution in [0.5, 0.6) is 0 Å². The van der Waals surface area contributed by atoms with E-state index in [1.807, 2.05) is 29.6 Å². The van der Waals surface area contributed by atoms with Crippen molar-refractivity contribution in [3.05, 3.63) is 64.2 Å². The van der Waals surface area contributed by atoms with Crippen LogP contribution in [0.3, 0.4) is 0 Å². The second-order valence-corrected chi connectivity index (χ2v) is 7.23. The fraction of sp³-hybridized carbons (Fsp3) is 0.0625. The third-order valence-corrected chi connectivity index (χ3v) is 5.61. The van der Waals surface area contributed by atoms with Crippen molar-refractivity contribution < 1.29 is 4.39 Å². The molecular formula is C16H10ClFN4S2. The minimum Gasteiger partial charge on any atom is -0.207 e. The first-order chi connectivity index (χ1) is 11.7. The van der Waals surface area contributed by atoms with Crippen LogP contribution in [0.2, 0.25) is 5.02 Å². The fourth-order valence-corrected chi connectivity index (χ4v) is 4.14. The molecular weight excluding hydrogens is 367 g/mol. The van der Waals surface area contributed by atoms with Gasteiger partial charge >= 0.3 is 0 Å². The molecule has 0 aliphatic carbocycles. The maximum atomic E-state index is 13.9. The average Bonchev–Trinajstić information content (AvgIpc) is 3.24. The number of rotatable bonds is 4. The minimum atomic E-state index is -0.323. The van der Waals surface area contributed by atoms with Gasteiger partial charge in [-0.1, -0.05) is 35.5 Å². The first kappa shape index (κ1) is 15.6. The number of aromatic nitrogens is 4. The van der Waals surface area contributed by atoms with E-state index in [-0.39, 0.29) is 5.82 Å². The van der Waals surface area contributed by atoms with Gasteiger partial charge in [-0.2, -0.15) is 9.61 Å². The summed E-state index contributed by atoms with van der Waals surface area (Å²) in [6.07, 6.45) is 0. The van der Waals surface area contributed by atoms with Gasteiger partial charge in [0.1, 0.15) is 11.5 Å². The molecule has 1 aromatic carbocycles. The van der Waals surface area contributed by atoms with Crippen molar-refractivity contribution in [2.75, 3.05) is 0 Å². The third-order valence-electron chi connectivity index (χ3n) is 3.42. The van der Waals surface area contributed by atoms with Crippen LogP contribution in [-0.2, 0) is 5.75 Å². The molecule has 0 aliphatic heterocycles. The van der Waals surface area contributed by atoms with E-state index in [0.717, 1.165) is 10.6 Å². The number of fused-ring (bicyclic) bond motifs is 1. The van der Waals surface area contributed by atoms with Crippen LogP contribution in [0.1, 0.15) is 5.56 Å². The normalized spacial score (nSPS) is 11.2. The molecule has 0 fully saturated rings. The Kier molecular flexibility index (Phi) is 4.22. The minimum absolute atomic E-state index is 0.323. The maximum absolute atomic E-state index is 13.9. The zero-order chi connectivity index (χ0) is 16.5. The molecule has 0 saturated heterocycles. The smallest absolute Gasteiger partial charge is 0.207 e. The van der Waals surface area contributed by atoms with Crippen LogP contribution >= 0.6 is 34.7 Å². The van der Waals surface area contributed by atoms with Crippen molar-refractivity contribution in [2.24, 2.45) is 0 Å². The van der Waals surface area contributed by atoms with Crippen LogP contribution in [-0.4, -0.2) is 19.8 Å². The molecule has 120 valence electrons. The summed E-state index contributed by atoms with van der Waals surface area (Å²) in [7, 11) is 0. The highest BCUT2D eigenvalue weighted by Gasteiger charge is 2.13. The van der Waals surface area contributed by atoms with Gasteiger partial charge in [0.2, 0.25) is 5.16 Å². The van der Waals surface area contributed by atoms with Crippen molar-refractivity contribution in [3.8, 4) is 10.6 Å². The highest BCUT2D eigenvalue weighted by Crippen LogP contribution is 2.28. The first-order valence-electron chi connectivity index (χ1n) is 7.04. The molecule has 0 spiro atoms. The first-order valence-corrected chi connectivity index (χ1v) is 9.29. The molecule has 0 radical (unpaired) electrons. The number of hydrogen-bond donors (Lipinski definition) is 0. The Morgan fingerprint density at radius 2 is 2.04 bits per heavy atom. The van der Waals surface area contributed by atoms with Gasteiger partial charge in [0, 0.05) is 16.3 Å². The van der Waals surface area contributed by atoms with E-state index in [1.165, 1.54) is 17.8 Å². The lowest BCUT2D eigenvalue weighted by molar-refractivity contribution is 0.617. The number of thiophene rings is 1. The van der Waals surface area contributed by atoms with E-state index >= 15 is 0 Å². The Bertz CT molecular complexity index is 980. The Morgan fingerprint density at radius 1 is 1.12 bits per heavy atom. The van der Waals surface area contributed by atoms with Gasteiger partial charge in [-0.3, -0.25) is 0 Å². The zero-order valence-electron chi connectivity index (χ0n) is 12.2. The Morgan fingerprint density at radius 3 is 2.83 bits per heavy atom. The van der Waals surface area contributed by atoms with Gasteiger partial charge < -0.3 is 0 Å². The quantitative estimate of drug-likeness (QED) is 0.473. The van der Waals surface area contributed by atoms with Crippen LogP contribution in [0, 0.1) is 5.82 Å². The summed E-state index contributed by atoms with van der Waals surface area (Å²) in [4.78, 5) is 1.07. The number of hydrogen-bond acceptors (Lipinski definition) is 5. The summed E-state index contributed by atoms with van der Waals surface area (Å²) in [5.74, 6) is 0.0352. The van der Waals surface area contributed by atoms with E-state index < -0.39 is 0 Å². The largest absolute Gasteiger partial charge is 0.212 e. The van der Waals surface area contributed by atoms with Crippen molar-refractivity contribution >= 4 is 40.3 Å². The van der Waals surface area contributed by atoms with Crippen LogP contribution in [0.25, 0.3) is 16.2 Å². The number of halogens is 2. The molecule has 0 aliphatic rings. The topological polar surface area (TPSA) is 43.1 Å². The van der Waals surface area contributed by atoms with E-state index in [9.17, 15) is 4.39 Å². The number of nitrogens with zero attached hydrogens (tertiary/aromatic N) is 4. The van der Waals surface area contributed by atoms with Crippen LogP contribution in [0.15, 0.2) is 53.0 Å². The summed E-state index contributed by atoms with van der Waals surface area (Å²) < 4.78 is 15.6. The fourth-order valence-electron chi connectivity index (χ4n) is 2.22. The van der Waals surface area contributed by atoms with E-state index in [1.54, 1.807) is 28.0 Å². The molecule has 0 amide bonds. The van der Waals surface area contributed by atoms with Gasteiger partial charge in [-0.05, 0) is 35.7 Å². The molecule has 0 bridgehead atoms. The maximum Gasteiger partial charge on any atom is 0.212 e. The summed E-state index contributed by atoms with van der Waals surface area (Å²) >= 11 is 9.04. The molecule has 24 heavy (non-hydrogen) atoms. The lowest BCUT2D eigenvalue weighted by atomic mass is 10.2. The molecule has 4 rings (SSSR count). The molecule has 4 nitrogen and oxygen atoms in total. The molecule has 0 unspecified atom stereocenters. The van der Waals surface area contributed by atoms with E-state index in [4.69, 9.17) is 11.6 Å². The highest BCUT2D eigenvalue weighted by molar-refractivity contribution is 7.98. The number of benzene rings is 1. The van der Waals surface area contributed by atoms with E-state index in [2.05, 4.69) is 15.3 Å². The molecule has 0 N–H and O–H groups in total. The molecule has 3 heterocycles. The molecule has 4 aromatic rings. The predicted octanol–water partition coefficient (Wildman–Crippen LogP) is 4.94. The summed E-state index contributed by atoms with van der Waals surface area (Å²) in [5.41, 5.74) is 1.95. The SMILES string of the molecule is Fc1cccc(Cl)c1CSc1nnc2ccc(-c3cccs3)nn12. The van der Waals surface area contributed by atoms with Crippen molar-refractivity contribution in [1.29, 1.82) is 0 Å². The van der Waals surface area contributed by atoms with Gasteiger partial charge in [-0.25, -0.2) is 4.39 Å². The third kappa shape index (κ3) is 2.90. The van der Waals surface area contributed by atoms with Gasteiger partial charge in [0.25, 0.3) is 0 Å². The highest BCUT2D eigenvalue weighted by atomic mass is 35.5. The zero-order valence-corrected chi connectivity index (χ0v) is 14.6. The van der Waals surface area contributed by atoms with Crippen molar-refractivity contribution in [1.82, 2.24) is 19.8 Å². The second-order valence-electron chi connectivity index (χ2n) is 4.94. The Labute approximate surface area is 150 Å². The van der Waals surface area contributed by atoms with Gasteiger partial charge in [-0.15, -0.1) is 21.5 Å². The molecule has 8 heteroatoms. The monoisotopic (exact) mass is 376 g/mol. The van der Waals surface area contributed by atoms with Gasteiger partial charge in [0.05, 0.1) is 4.88 Å². The van der Waals surface area contributed by atoms with Crippen molar-refractivity contribution in [2.45, 2.75) is 10.9 Å². The lowest BCUT2D eigenvalue weighted by Gasteiger charge is -2.05. The van der Waals surface area contributed by atoms with Crippen molar-refractivity contribution in [3.63, 3.8) is 0 Å². The lowest BCUT2D eigenvalue weighted by Crippen LogP contribution is -1.96. The standard InChI is InChI=1S/C16H10ClFN4S2/c17-11-3-1-4-12(18)10(11)9-24-16-20-19-15-7-6-13(21-22(15)16)14-5-2-8-23-14/h1-8H,9H2. The molecule has 3 aromatic heterocycles. The second kappa shape index (κ2) is 6.51. The van der Waals surface area contributed by atoms with E-state index in [0.29, 0.717) is 27.1 Å². The predicted molar refractivity (Wildman–Crippen MR) is 95.1 cm³/mol. The Hall–Kier alpha value is -1.96.